The lowest BCUT2D eigenvalue weighted by Gasteiger charge is -1.92. The molecule has 58 valence electrons. The third-order valence-electron chi connectivity index (χ3n) is 1.12. The van der Waals surface area contributed by atoms with Crippen LogP contribution >= 0.6 is 0 Å². The summed E-state index contributed by atoms with van der Waals surface area (Å²) in [5.74, 6) is -0.649. The summed E-state index contributed by atoms with van der Waals surface area (Å²) in [5.41, 5.74) is 0.755. The molecule has 0 rings (SSSR count). The van der Waals surface area contributed by atoms with Crippen molar-refractivity contribution >= 4 is 5.97 Å². The first-order chi connectivity index (χ1) is 5.24. The van der Waals surface area contributed by atoms with E-state index < -0.39 is 5.97 Å². The molecule has 11 heavy (non-hydrogen) atoms. The molecule has 3 nitrogen and oxygen atoms in total. The van der Waals surface area contributed by atoms with Crippen LogP contribution in [-0.2, 0) is 9.53 Å². The van der Waals surface area contributed by atoms with Gasteiger partial charge in [0.25, 0.3) is 6.26 Å². The van der Waals surface area contributed by atoms with Gasteiger partial charge in [0.15, 0.2) is 0 Å². The zero-order valence-electron chi connectivity index (χ0n) is 6.33. The van der Waals surface area contributed by atoms with Gasteiger partial charge in [-0.2, -0.15) is 0 Å². The van der Waals surface area contributed by atoms with E-state index in [4.69, 9.17) is 5.26 Å². The topological polar surface area (TPSA) is 50.1 Å². The highest BCUT2D eigenvalue weighted by Gasteiger charge is 1.97. The van der Waals surface area contributed by atoms with E-state index in [-0.39, 0.29) is 0 Å². The summed E-state index contributed by atoms with van der Waals surface area (Å²) in [6.45, 7) is 5.37. The van der Waals surface area contributed by atoms with Crippen LogP contribution in [0.15, 0.2) is 24.3 Å². The summed E-state index contributed by atoms with van der Waals surface area (Å²) in [4.78, 5) is 10.6. The molecule has 0 aliphatic heterocycles. The van der Waals surface area contributed by atoms with E-state index in [0.717, 1.165) is 5.57 Å². The van der Waals surface area contributed by atoms with Crippen LogP contribution < -0.4 is 0 Å². The zero-order chi connectivity index (χ0) is 8.69. The molecule has 0 aromatic heterocycles. The summed E-state index contributed by atoms with van der Waals surface area (Å²) in [7, 11) is 0. The van der Waals surface area contributed by atoms with E-state index in [2.05, 4.69) is 11.3 Å². The second kappa shape index (κ2) is 5.24. The number of allylic oxidation sites excluding steroid dienone is 2. The Morgan fingerprint density at radius 2 is 2.45 bits per heavy atom. The maximum atomic E-state index is 10.6. The Bertz CT molecular complexity index is 223. The molecule has 0 spiro atoms. The lowest BCUT2D eigenvalue weighted by molar-refractivity contribution is -0.131. The fourth-order valence-electron chi connectivity index (χ4n) is 0.531. The van der Waals surface area contributed by atoms with Crippen LogP contribution in [0.3, 0.4) is 0 Å². The fourth-order valence-corrected chi connectivity index (χ4v) is 0.531. The third kappa shape index (κ3) is 3.93. The Hall–Kier alpha value is -1.56. The summed E-state index contributed by atoms with van der Waals surface area (Å²) in [6.07, 6.45) is 4.79. The monoisotopic (exact) mass is 151 g/mol. The summed E-state index contributed by atoms with van der Waals surface area (Å²) < 4.78 is 4.02. The number of carbonyl (C=O) groups is 1. The minimum Gasteiger partial charge on any atom is -0.347 e. The number of ether oxygens (including phenoxy) is 1. The van der Waals surface area contributed by atoms with Crippen molar-refractivity contribution in [2.75, 3.05) is 0 Å². The van der Waals surface area contributed by atoms with Crippen molar-refractivity contribution < 1.29 is 9.53 Å². The van der Waals surface area contributed by atoms with Gasteiger partial charge in [-0.3, -0.25) is 0 Å². The Morgan fingerprint density at radius 3 is 2.82 bits per heavy atom. The Labute approximate surface area is 65.6 Å². The molecule has 0 N–H and O–H groups in total. The van der Waals surface area contributed by atoms with E-state index in [1.165, 1.54) is 12.3 Å². The van der Waals surface area contributed by atoms with E-state index >= 15 is 0 Å². The van der Waals surface area contributed by atoms with Crippen molar-refractivity contribution in [1.29, 1.82) is 5.26 Å². The molecule has 0 atom stereocenters. The summed E-state index contributed by atoms with van der Waals surface area (Å²) in [5, 5.41) is 7.95. The predicted molar refractivity (Wildman–Crippen MR) is 40.3 cm³/mol. The average Bonchev–Trinajstić information content (AvgIpc) is 2.01. The molecule has 0 fully saturated rings. The third-order valence-corrected chi connectivity index (χ3v) is 1.12. The van der Waals surface area contributed by atoms with Crippen molar-refractivity contribution in [2.45, 2.75) is 13.3 Å². The lowest BCUT2D eigenvalue weighted by atomic mass is 10.2. The normalized spacial score (nSPS) is 10.0. The summed E-state index contributed by atoms with van der Waals surface area (Å²) >= 11 is 0. The molecule has 0 aromatic rings. The first-order valence-electron chi connectivity index (χ1n) is 3.17. The molecule has 0 bridgehead atoms. The molecule has 0 saturated heterocycles. The molecule has 0 aliphatic carbocycles. The zero-order valence-corrected chi connectivity index (χ0v) is 6.33. The van der Waals surface area contributed by atoms with Crippen LogP contribution in [0.5, 0.6) is 0 Å². The molecule has 0 saturated carbocycles. The number of nitrogens with zero attached hydrogens (tertiary/aromatic N) is 1. The Morgan fingerprint density at radius 1 is 1.82 bits per heavy atom. The molecule has 0 aromatic carbocycles. The number of esters is 1. The van der Waals surface area contributed by atoms with Crippen LogP contribution in [0.25, 0.3) is 0 Å². The SMILES string of the molecule is C=CC(=CC(=O)OC#N)CC. The molecule has 0 aliphatic rings. The molecule has 0 heterocycles. The Balaban J connectivity index is 4.17. The largest absolute Gasteiger partial charge is 0.347 e. The Kier molecular flexibility index (Phi) is 4.50. The second-order valence-electron chi connectivity index (χ2n) is 1.79. The molecule has 0 unspecified atom stereocenters. The van der Waals surface area contributed by atoms with Gasteiger partial charge in [0.05, 0.1) is 0 Å². The highest BCUT2D eigenvalue weighted by molar-refractivity contribution is 5.83. The van der Waals surface area contributed by atoms with Gasteiger partial charge in [-0.25, -0.2) is 4.79 Å². The highest BCUT2D eigenvalue weighted by Crippen LogP contribution is 2.00. The molecular weight excluding hydrogens is 142 g/mol. The maximum Gasteiger partial charge on any atom is 0.346 e. The van der Waals surface area contributed by atoms with Gasteiger partial charge < -0.3 is 4.74 Å². The predicted octanol–water partition coefficient (Wildman–Crippen LogP) is 1.53. The van der Waals surface area contributed by atoms with E-state index in [0.29, 0.717) is 6.42 Å². The standard InChI is InChI=1S/C8H9NO2/c1-3-7(4-2)5-8(10)11-6-9/h3,5H,1,4H2,2H3. The molecule has 3 heteroatoms. The van der Waals surface area contributed by atoms with Gasteiger partial charge in [-0.05, 0) is 12.0 Å². The van der Waals surface area contributed by atoms with E-state index in [9.17, 15) is 4.79 Å². The van der Waals surface area contributed by atoms with Crippen molar-refractivity contribution in [2.24, 2.45) is 0 Å². The van der Waals surface area contributed by atoms with Gasteiger partial charge in [0, 0.05) is 6.08 Å². The van der Waals surface area contributed by atoms with Gasteiger partial charge in [0.1, 0.15) is 0 Å². The van der Waals surface area contributed by atoms with Crippen molar-refractivity contribution in [3.63, 3.8) is 0 Å². The minimum absolute atomic E-state index is 0.649. The minimum atomic E-state index is -0.649. The highest BCUT2D eigenvalue weighted by atomic mass is 16.5. The van der Waals surface area contributed by atoms with Crippen molar-refractivity contribution in [3.05, 3.63) is 24.3 Å². The van der Waals surface area contributed by atoms with Crippen LogP contribution in [0.1, 0.15) is 13.3 Å². The van der Waals surface area contributed by atoms with Crippen LogP contribution in [0, 0.1) is 11.5 Å². The number of carbonyl (C=O) groups excluding carboxylic acids is 1. The van der Waals surface area contributed by atoms with Gasteiger partial charge in [0.2, 0.25) is 0 Å². The fraction of sp³-hybridized carbons (Fsp3) is 0.250. The summed E-state index contributed by atoms with van der Waals surface area (Å²) in [6, 6.07) is 0. The van der Waals surface area contributed by atoms with E-state index in [1.807, 2.05) is 6.92 Å². The number of hydrogen-bond acceptors (Lipinski definition) is 3. The van der Waals surface area contributed by atoms with Crippen LogP contribution in [0.2, 0.25) is 0 Å². The lowest BCUT2D eigenvalue weighted by Crippen LogP contribution is -1.95. The van der Waals surface area contributed by atoms with Crippen molar-refractivity contribution in [3.8, 4) is 6.26 Å². The number of nitriles is 1. The van der Waals surface area contributed by atoms with Crippen molar-refractivity contribution in [1.82, 2.24) is 0 Å². The first-order valence-corrected chi connectivity index (χ1v) is 3.17. The van der Waals surface area contributed by atoms with Gasteiger partial charge in [-0.1, -0.05) is 19.6 Å². The smallest absolute Gasteiger partial charge is 0.346 e. The molecular formula is C8H9NO2. The molecule has 0 radical (unpaired) electrons. The van der Waals surface area contributed by atoms with Gasteiger partial charge in [-0.15, -0.1) is 5.26 Å². The van der Waals surface area contributed by atoms with Crippen LogP contribution in [-0.4, -0.2) is 5.97 Å². The average molecular weight is 151 g/mol. The van der Waals surface area contributed by atoms with Crippen LogP contribution in [0.4, 0.5) is 0 Å². The van der Waals surface area contributed by atoms with Gasteiger partial charge >= 0.3 is 5.97 Å². The first kappa shape index (κ1) is 9.44. The maximum absolute atomic E-state index is 10.6. The van der Waals surface area contributed by atoms with E-state index in [1.54, 1.807) is 6.08 Å². The number of hydrogen-bond donors (Lipinski definition) is 0. The molecule has 0 amide bonds. The quantitative estimate of drug-likeness (QED) is 0.266. The second-order valence-corrected chi connectivity index (χ2v) is 1.79. The number of rotatable bonds is 3.